The summed E-state index contributed by atoms with van der Waals surface area (Å²) in [4.78, 5) is 0. The average Bonchev–Trinajstić information content (AvgIpc) is 2.88. The van der Waals surface area contributed by atoms with Gasteiger partial charge in [-0.05, 0) is 37.1 Å². The maximum Gasteiger partial charge on any atom is 0.341 e. The van der Waals surface area contributed by atoms with Crippen LogP contribution in [-0.2, 0) is 8.85 Å². The van der Waals surface area contributed by atoms with Crippen LogP contribution in [-0.4, -0.2) is 22.8 Å². The topological polar surface area (TPSA) is 18.5 Å². The van der Waals surface area contributed by atoms with Gasteiger partial charge in [-0.2, -0.15) is 0 Å². The number of allylic oxidation sites excluding steroid dienone is 2. The molecule has 2 aliphatic rings. The Hall–Kier alpha value is -0.123. The van der Waals surface area contributed by atoms with Crippen LogP contribution in [0.2, 0.25) is 12.1 Å². The molecule has 0 saturated heterocycles. The molecule has 2 rings (SSSR count). The highest BCUT2D eigenvalue weighted by Crippen LogP contribution is 2.46. The zero-order valence-corrected chi connectivity index (χ0v) is 11.1. The molecule has 2 nitrogen and oxygen atoms in total. The molecule has 0 aromatic carbocycles. The fourth-order valence-corrected chi connectivity index (χ4v) is 5.41. The summed E-state index contributed by atoms with van der Waals surface area (Å²) in [7, 11) is 1.74. The summed E-state index contributed by atoms with van der Waals surface area (Å²) in [6, 6.07) is 2.15. The highest BCUT2D eigenvalue weighted by molar-refractivity contribution is 6.67. The number of hydrogen-bond acceptors (Lipinski definition) is 2. The van der Waals surface area contributed by atoms with Crippen molar-refractivity contribution in [1.82, 2.24) is 0 Å². The van der Waals surface area contributed by atoms with E-state index in [4.69, 9.17) is 8.85 Å². The molecule has 0 aromatic rings. The van der Waals surface area contributed by atoms with Crippen LogP contribution in [0.5, 0.6) is 0 Å². The Morgan fingerprint density at radius 1 is 1.33 bits per heavy atom. The Bertz CT molecular complexity index is 250. The smallest absolute Gasteiger partial charge is 0.341 e. The van der Waals surface area contributed by atoms with Gasteiger partial charge in [-0.15, -0.1) is 0 Å². The van der Waals surface area contributed by atoms with Crippen molar-refractivity contribution in [1.29, 1.82) is 0 Å². The normalized spacial score (nSPS) is 29.7. The molecule has 3 heteroatoms. The first-order valence-corrected chi connectivity index (χ1v) is 8.27. The fourth-order valence-electron chi connectivity index (χ4n) is 3.10. The van der Waals surface area contributed by atoms with Gasteiger partial charge in [0.1, 0.15) is 0 Å². The summed E-state index contributed by atoms with van der Waals surface area (Å²) in [6.45, 7) is 2.19. The molecular weight excluding hydrogens is 204 g/mol. The zero-order valence-electron chi connectivity index (χ0n) is 10.1. The van der Waals surface area contributed by atoms with Crippen molar-refractivity contribution in [3.8, 4) is 0 Å². The Morgan fingerprint density at radius 2 is 2.07 bits per heavy atom. The average molecular weight is 226 g/mol. The van der Waals surface area contributed by atoms with Crippen molar-refractivity contribution in [2.24, 2.45) is 11.8 Å². The number of hydrogen-bond donors (Lipinski definition) is 0. The molecule has 0 radical (unpaired) electrons. The molecule has 1 saturated carbocycles. The van der Waals surface area contributed by atoms with Crippen molar-refractivity contribution in [3.63, 3.8) is 0 Å². The van der Waals surface area contributed by atoms with E-state index in [1.54, 1.807) is 5.57 Å². The van der Waals surface area contributed by atoms with Gasteiger partial charge in [-0.25, -0.2) is 0 Å². The molecule has 0 aliphatic heterocycles. The molecule has 86 valence electrons. The van der Waals surface area contributed by atoms with E-state index in [-0.39, 0.29) is 0 Å². The van der Waals surface area contributed by atoms with Gasteiger partial charge in [0.15, 0.2) is 0 Å². The van der Waals surface area contributed by atoms with E-state index in [1.165, 1.54) is 19.3 Å². The van der Waals surface area contributed by atoms with Crippen LogP contribution in [0.15, 0.2) is 11.6 Å². The van der Waals surface area contributed by atoms with Gasteiger partial charge >= 0.3 is 8.56 Å². The van der Waals surface area contributed by atoms with Gasteiger partial charge in [0.2, 0.25) is 0 Å². The summed E-state index contributed by atoms with van der Waals surface area (Å²) < 4.78 is 11.4. The predicted molar refractivity (Wildman–Crippen MR) is 64.0 cm³/mol. The summed E-state index contributed by atoms with van der Waals surface area (Å²) in [5.41, 5.74) is 1.64. The van der Waals surface area contributed by atoms with E-state index in [0.29, 0.717) is 0 Å². The van der Waals surface area contributed by atoms with Crippen molar-refractivity contribution in [2.75, 3.05) is 14.2 Å². The monoisotopic (exact) mass is 226 g/mol. The fraction of sp³-hybridized carbons (Fsp3) is 0.833. The maximum atomic E-state index is 5.68. The van der Waals surface area contributed by atoms with Crippen LogP contribution in [0.1, 0.15) is 26.2 Å². The van der Waals surface area contributed by atoms with Gasteiger partial charge in [0.25, 0.3) is 0 Å². The van der Waals surface area contributed by atoms with Gasteiger partial charge in [0.05, 0.1) is 0 Å². The lowest BCUT2D eigenvalue weighted by molar-refractivity contribution is 0.244. The van der Waals surface area contributed by atoms with Crippen molar-refractivity contribution < 1.29 is 8.85 Å². The van der Waals surface area contributed by atoms with Crippen LogP contribution in [0.4, 0.5) is 0 Å². The molecule has 15 heavy (non-hydrogen) atoms. The molecule has 0 N–H and O–H groups in total. The minimum absolute atomic E-state index is 0.860. The third kappa shape index (κ3) is 2.05. The lowest BCUT2D eigenvalue weighted by Gasteiger charge is -2.28. The van der Waals surface area contributed by atoms with E-state index in [0.717, 1.165) is 23.9 Å². The summed E-state index contributed by atoms with van der Waals surface area (Å²) in [6.07, 6.45) is 6.72. The molecule has 2 bridgehead atoms. The first-order chi connectivity index (χ1) is 7.23. The van der Waals surface area contributed by atoms with E-state index >= 15 is 0 Å². The maximum absolute atomic E-state index is 5.68. The lowest BCUT2D eigenvalue weighted by Crippen LogP contribution is -2.39. The minimum Gasteiger partial charge on any atom is -0.397 e. The van der Waals surface area contributed by atoms with E-state index in [1.807, 2.05) is 14.2 Å². The second kappa shape index (κ2) is 4.40. The second-order valence-corrected chi connectivity index (χ2v) is 8.56. The minimum atomic E-state index is -1.89. The predicted octanol–water partition coefficient (Wildman–Crippen LogP) is 3.10. The van der Waals surface area contributed by atoms with E-state index in [2.05, 4.69) is 13.0 Å². The van der Waals surface area contributed by atoms with Crippen LogP contribution in [0.25, 0.3) is 0 Å². The summed E-state index contributed by atoms with van der Waals surface area (Å²) in [5, 5.41) is 0. The zero-order chi connectivity index (χ0) is 10.9. The first kappa shape index (κ1) is 11.4. The third-order valence-electron chi connectivity index (χ3n) is 4.20. The Labute approximate surface area is 93.9 Å². The SMILES string of the molecule is CC[Si](CC1=CC2CCC1C2)(OC)OC. The van der Waals surface area contributed by atoms with Crippen LogP contribution in [0, 0.1) is 11.8 Å². The molecule has 0 aromatic heterocycles. The van der Waals surface area contributed by atoms with Crippen LogP contribution >= 0.6 is 0 Å². The highest BCUT2D eigenvalue weighted by Gasteiger charge is 2.40. The van der Waals surface area contributed by atoms with Gasteiger partial charge < -0.3 is 8.85 Å². The Kier molecular flexibility index (Phi) is 3.33. The number of fused-ring (bicyclic) bond motifs is 2. The molecule has 0 amide bonds. The molecule has 0 heterocycles. The Balaban J connectivity index is 2.04. The van der Waals surface area contributed by atoms with Gasteiger partial charge in [0, 0.05) is 20.3 Å². The van der Waals surface area contributed by atoms with Crippen molar-refractivity contribution in [3.05, 3.63) is 11.6 Å². The lowest BCUT2D eigenvalue weighted by atomic mass is 10.0. The standard InChI is InChI=1S/C12H22O2Si/c1-4-15(13-2,14-3)9-12-8-10-5-6-11(12)7-10/h8,10-11H,4-7,9H2,1-3H3. The summed E-state index contributed by atoms with van der Waals surface area (Å²) >= 11 is 0. The third-order valence-corrected chi connectivity index (χ3v) is 7.72. The van der Waals surface area contributed by atoms with E-state index < -0.39 is 8.56 Å². The van der Waals surface area contributed by atoms with Crippen LogP contribution in [0.3, 0.4) is 0 Å². The molecule has 2 unspecified atom stereocenters. The second-order valence-electron chi connectivity index (χ2n) is 4.86. The van der Waals surface area contributed by atoms with Gasteiger partial charge in [-0.3, -0.25) is 0 Å². The molecule has 2 atom stereocenters. The largest absolute Gasteiger partial charge is 0.397 e. The van der Waals surface area contributed by atoms with Crippen molar-refractivity contribution >= 4 is 8.56 Å². The molecule has 0 spiro atoms. The van der Waals surface area contributed by atoms with E-state index in [9.17, 15) is 0 Å². The molecule has 2 aliphatic carbocycles. The summed E-state index contributed by atoms with van der Waals surface area (Å²) in [5.74, 6) is 1.74. The quantitative estimate of drug-likeness (QED) is 0.530. The Morgan fingerprint density at radius 3 is 2.47 bits per heavy atom. The van der Waals surface area contributed by atoms with Crippen molar-refractivity contribution in [2.45, 2.75) is 38.3 Å². The first-order valence-electron chi connectivity index (χ1n) is 6.04. The van der Waals surface area contributed by atoms with Crippen LogP contribution < -0.4 is 0 Å². The number of rotatable bonds is 5. The molecular formula is C12H22O2Si. The highest BCUT2D eigenvalue weighted by atomic mass is 28.4. The molecule has 1 fully saturated rings. The van der Waals surface area contributed by atoms with Gasteiger partial charge in [-0.1, -0.05) is 18.6 Å².